The largest absolute Gasteiger partial charge is 0.478 e. The lowest BCUT2D eigenvalue weighted by atomic mass is 10.2. The normalized spacial score (nSPS) is 10.3. The number of rotatable bonds is 7. The molecule has 3 rings (SSSR count). The van der Waals surface area contributed by atoms with E-state index in [1.165, 1.54) is 0 Å². The molecule has 0 saturated carbocycles. The van der Waals surface area contributed by atoms with Gasteiger partial charge in [-0.15, -0.1) is 0 Å². The SMILES string of the molecule is C=C(Cc1nc(-c2ccc(Oc3ccc(NC)cn3)cc2)no1)C(=O)O. The predicted molar refractivity (Wildman–Crippen MR) is 94.1 cm³/mol. The van der Waals surface area contributed by atoms with E-state index in [0.29, 0.717) is 23.0 Å². The van der Waals surface area contributed by atoms with E-state index in [4.69, 9.17) is 14.4 Å². The Morgan fingerprint density at radius 1 is 1.27 bits per heavy atom. The first-order chi connectivity index (χ1) is 12.5. The van der Waals surface area contributed by atoms with Crippen LogP contribution < -0.4 is 10.1 Å². The van der Waals surface area contributed by atoms with Crippen molar-refractivity contribution in [3.05, 3.63) is 60.6 Å². The molecular weight excluding hydrogens is 336 g/mol. The van der Waals surface area contributed by atoms with Crippen LogP contribution in [0.4, 0.5) is 5.69 Å². The van der Waals surface area contributed by atoms with Gasteiger partial charge in [0.05, 0.1) is 18.3 Å². The summed E-state index contributed by atoms with van der Waals surface area (Å²) >= 11 is 0. The molecule has 3 aromatic rings. The van der Waals surface area contributed by atoms with Crippen molar-refractivity contribution in [2.24, 2.45) is 0 Å². The van der Waals surface area contributed by atoms with Crippen LogP contribution >= 0.6 is 0 Å². The quantitative estimate of drug-likeness (QED) is 0.624. The van der Waals surface area contributed by atoms with Crippen molar-refractivity contribution in [2.75, 3.05) is 12.4 Å². The number of benzene rings is 1. The molecule has 2 N–H and O–H groups in total. The minimum atomic E-state index is -1.09. The number of nitrogens with zero attached hydrogens (tertiary/aromatic N) is 3. The zero-order valence-electron chi connectivity index (χ0n) is 14.0. The summed E-state index contributed by atoms with van der Waals surface area (Å²) in [4.78, 5) is 19.2. The minimum Gasteiger partial charge on any atom is -0.478 e. The maximum absolute atomic E-state index is 10.8. The second kappa shape index (κ2) is 7.47. The van der Waals surface area contributed by atoms with Crippen molar-refractivity contribution >= 4 is 11.7 Å². The summed E-state index contributed by atoms with van der Waals surface area (Å²) in [7, 11) is 1.82. The van der Waals surface area contributed by atoms with Crippen molar-refractivity contribution in [1.82, 2.24) is 15.1 Å². The molecule has 1 aromatic carbocycles. The lowest BCUT2D eigenvalue weighted by Gasteiger charge is -2.06. The van der Waals surface area contributed by atoms with Crippen LogP contribution in [0.1, 0.15) is 5.89 Å². The second-order valence-electron chi connectivity index (χ2n) is 5.36. The lowest BCUT2D eigenvalue weighted by Crippen LogP contribution is -2.02. The van der Waals surface area contributed by atoms with E-state index in [0.717, 1.165) is 5.69 Å². The molecule has 0 bridgehead atoms. The van der Waals surface area contributed by atoms with E-state index in [9.17, 15) is 4.79 Å². The van der Waals surface area contributed by atoms with Gasteiger partial charge < -0.3 is 19.7 Å². The zero-order valence-corrected chi connectivity index (χ0v) is 14.0. The zero-order chi connectivity index (χ0) is 18.5. The number of nitrogens with one attached hydrogen (secondary N) is 1. The van der Waals surface area contributed by atoms with Gasteiger partial charge in [0.2, 0.25) is 17.6 Å². The Morgan fingerprint density at radius 3 is 2.65 bits per heavy atom. The van der Waals surface area contributed by atoms with Crippen molar-refractivity contribution in [3.63, 3.8) is 0 Å². The first kappa shape index (κ1) is 17.2. The standard InChI is InChI=1S/C18H16N4O4/c1-11(18(23)24)9-16-21-17(22-26-16)12-3-6-14(7-4-12)25-15-8-5-13(19-2)10-20-15/h3-8,10,19H,1,9H2,2H3,(H,23,24). The van der Waals surface area contributed by atoms with Crippen LogP contribution in [0.5, 0.6) is 11.6 Å². The smallest absolute Gasteiger partial charge is 0.331 e. The van der Waals surface area contributed by atoms with Gasteiger partial charge in [-0.2, -0.15) is 4.98 Å². The van der Waals surface area contributed by atoms with Gasteiger partial charge in [-0.25, -0.2) is 9.78 Å². The molecule has 0 radical (unpaired) electrons. The maximum atomic E-state index is 10.8. The van der Waals surface area contributed by atoms with Gasteiger partial charge in [-0.3, -0.25) is 0 Å². The molecule has 0 aliphatic heterocycles. The molecule has 26 heavy (non-hydrogen) atoms. The Bertz CT molecular complexity index is 917. The van der Waals surface area contributed by atoms with Crippen molar-refractivity contribution in [1.29, 1.82) is 0 Å². The average Bonchev–Trinajstić information content (AvgIpc) is 3.11. The summed E-state index contributed by atoms with van der Waals surface area (Å²) < 4.78 is 10.7. The molecule has 0 saturated heterocycles. The van der Waals surface area contributed by atoms with Gasteiger partial charge >= 0.3 is 5.97 Å². The van der Waals surface area contributed by atoms with Crippen molar-refractivity contribution in [3.8, 4) is 23.0 Å². The third-order valence-corrected chi connectivity index (χ3v) is 3.50. The van der Waals surface area contributed by atoms with E-state index < -0.39 is 5.97 Å². The van der Waals surface area contributed by atoms with Gasteiger partial charge in [0.15, 0.2) is 0 Å². The van der Waals surface area contributed by atoms with Crippen LogP contribution in [0, 0.1) is 0 Å². The lowest BCUT2D eigenvalue weighted by molar-refractivity contribution is -0.132. The number of pyridine rings is 1. The van der Waals surface area contributed by atoms with Crippen LogP contribution in [0.15, 0.2) is 59.3 Å². The highest BCUT2D eigenvalue weighted by Gasteiger charge is 2.13. The average molecular weight is 352 g/mol. The second-order valence-corrected chi connectivity index (χ2v) is 5.36. The predicted octanol–water partition coefficient (Wildman–Crippen LogP) is 3.15. The molecule has 0 spiro atoms. The van der Waals surface area contributed by atoms with Crippen molar-refractivity contribution in [2.45, 2.75) is 6.42 Å². The molecule has 0 amide bonds. The number of hydrogen-bond donors (Lipinski definition) is 2. The van der Waals surface area contributed by atoms with Crippen LogP contribution in [-0.2, 0) is 11.2 Å². The molecule has 0 unspecified atom stereocenters. The highest BCUT2D eigenvalue weighted by atomic mass is 16.5. The van der Waals surface area contributed by atoms with Crippen LogP contribution in [0.3, 0.4) is 0 Å². The number of ether oxygens (including phenoxy) is 1. The number of carbonyl (C=O) groups is 1. The van der Waals surface area contributed by atoms with Gasteiger partial charge in [0.25, 0.3) is 0 Å². The third kappa shape index (κ3) is 4.04. The summed E-state index contributed by atoms with van der Waals surface area (Å²) in [6.07, 6.45) is 1.67. The molecule has 2 heterocycles. The maximum Gasteiger partial charge on any atom is 0.331 e. The monoisotopic (exact) mass is 352 g/mol. The molecule has 0 aliphatic carbocycles. The summed E-state index contributed by atoms with van der Waals surface area (Å²) in [5, 5.41) is 15.7. The molecule has 0 atom stereocenters. The topological polar surface area (TPSA) is 110 Å². The van der Waals surface area contributed by atoms with Gasteiger partial charge in [-0.1, -0.05) is 11.7 Å². The van der Waals surface area contributed by atoms with E-state index in [1.54, 1.807) is 36.5 Å². The third-order valence-electron chi connectivity index (χ3n) is 3.50. The minimum absolute atomic E-state index is 0.00217. The first-order valence-corrected chi connectivity index (χ1v) is 7.71. The fourth-order valence-electron chi connectivity index (χ4n) is 2.08. The van der Waals surface area contributed by atoms with E-state index in [-0.39, 0.29) is 17.9 Å². The summed E-state index contributed by atoms with van der Waals surface area (Å²) in [5.41, 5.74) is 1.60. The van der Waals surface area contributed by atoms with E-state index in [2.05, 4.69) is 27.0 Å². The molecule has 0 fully saturated rings. The molecule has 0 aliphatic rings. The summed E-state index contributed by atoms with van der Waals surface area (Å²) in [5.74, 6) is 0.553. The van der Waals surface area contributed by atoms with Gasteiger partial charge in [0, 0.05) is 24.3 Å². The summed E-state index contributed by atoms with van der Waals surface area (Å²) in [6, 6.07) is 10.7. The van der Waals surface area contributed by atoms with Crippen molar-refractivity contribution < 1.29 is 19.2 Å². The van der Waals surface area contributed by atoms with Crippen LogP contribution in [0.25, 0.3) is 11.4 Å². The van der Waals surface area contributed by atoms with Gasteiger partial charge in [0.1, 0.15) is 5.75 Å². The highest BCUT2D eigenvalue weighted by Crippen LogP contribution is 2.24. The molecule has 132 valence electrons. The number of anilines is 1. The van der Waals surface area contributed by atoms with E-state index in [1.807, 2.05) is 13.1 Å². The molecule has 8 heteroatoms. The Labute approximate surface area is 149 Å². The van der Waals surface area contributed by atoms with Crippen LogP contribution in [-0.4, -0.2) is 33.2 Å². The molecule has 2 aromatic heterocycles. The fourth-order valence-corrected chi connectivity index (χ4v) is 2.08. The summed E-state index contributed by atoms with van der Waals surface area (Å²) in [6.45, 7) is 3.44. The number of carboxylic acid groups (broad SMARTS) is 1. The fraction of sp³-hybridized carbons (Fsp3) is 0.111. The number of aromatic nitrogens is 3. The highest BCUT2D eigenvalue weighted by molar-refractivity contribution is 5.86. The van der Waals surface area contributed by atoms with E-state index >= 15 is 0 Å². The Hall–Kier alpha value is -3.68. The Kier molecular flexibility index (Phi) is 4.93. The van der Waals surface area contributed by atoms with Gasteiger partial charge in [-0.05, 0) is 30.3 Å². The number of aliphatic carboxylic acids is 1. The number of carboxylic acids is 1. The molecule has 8 nitrogen and oxygen atoms in total. The Balaban J connectivity index is 1.68. The molecular formula is C18H16N4O4. The first-order valence-electron chi connectivity index (χ1n) is 7.71. The Morgan fingerprint density at radius 2 is 2.04 bits per heavy atom. The number of hydrogen-bond acceptors (Lipinski definition) is 7. The van der Waals surface area contributed by atoms with Crippen LogP contribution in [0.2, 0.25) is 0 Å².